The third-order valence-electron chi connectivity index (χ3n) is 3.55. The molecule has 0 fully saturated rings. The number of carbonyl (C=O) groups excluding carboxylic acids is 1. The van der Waals surface area contributed by atoms with Gasteiger partial charge in [0.1, 0.15) is 17.0 Å². The van der Waals surface area contributed by atoms with Gasteiger partial charge in [-0.2, -0.15) is 0 Å². The van der Waals surface area contributed by atoms with Crippen molar-refractivity contribution in [2.45, 2.75) is 33.3 Å². The highest BCUT2D eigenvalue weighted by molar-refractivity contribution is 5.85. The Morgan fingerprint density at radius 1 is 1.18 bits per heavy atom. The molecule has 0 saturated carbocycles. The van der Waals surface area contributed by atoms with Crippen molar-refractivity contribution in [2.24, 2.45) is 0 Å². The van der Waals surface area contributed by atoms with E-state index in [4.69, 9.17) is 9.47 Å². The van der Waals surface area contributed by atoms with E-state index in [0.717, 1.165) is 0 Å². The fourth-order valence-electron chi connectivity index (χ4n) is 2.38. The van der Waals surface area contributed by atoms with E-state index in [0.29, 0.717) is 11.4 Å². The summed E-state index contributed by atoms with van der Waals surface area (Å²) in [5.74, 6) is 0.459. The summed E-state index contributed by atoms with van der Waals surface area (Å²) >= 11 is 0. The summed E-state index contributed by atoms with van der Waals surface area (Å²) in [6.07, 6.45) is 0.830. The Morgan fingerprint density at radius 2 is 1.86 bits per heavy atom. The molecular formula is C19H19FN4O4. The molecule has 1 amide bonds. The lowest BCUT2D eigenvalue weighted by molar-refractivity contribution is 0.0636. The zero-order chi connectivity index (χ0) is 20.5. The van der Waals surface area contributed by atoms with Crippen molar-refractivity contribution in [1.29, 1.82) is 0 Å². The SMILES string of the molecule is Cc1nc2nccc(Oc3ccc(NC(=O)OC(C)(C)C)cc3)c2n(F)c1=O. The second-order valence-corrected chi connectivity index (χ2v) is 7.02. The van der Waals surface area contributed by atoms with Gasteiger partial charge < -0.3 is 9.47 Å². The zero-order valence-corrected chi connectivity index (χ0v) is 15.8. The van der Waals surface area contributed by atoms with Crippen LogP contribution in [0.15, 0.2) is 41.3 Å². The van der Waals surface area contributed by atoms with E-state index in [-0.39, 0.29) is 27.4 Å². The second kappa shape index (κ2) is 7.26. The third-order valence-corrected chi connectivity index (χ3v) is 3.55. The van der Waals surface area contributed by atoms with E-state index in [1.165, 1.54) is 19.2 Å². The molecule has 3 rings (SSSR count). The number of hydrogen-bond acceptors (Lipinski definition) is 6. The first-order chi connectivity index (χ1) is 13.1. The van der Waals surface area contributed by atoms with Crippen LogP contribution in [-0.4, -0.2) is 26.5 Å². The predicted octanol–water partition coefficient (Wildman–Crippen LogP) is 3.97. The van der Waals surface area contributed by atoms with Crippen molar-refractivity contribution in [2.75, 3.05) is 5.32 Å². The van der Waals surface area contributed by atoms with Crippen molar-refractivity contribution in [1.82, 2.24) is 14.8 Å². The molecule has 0 unspecified atom stereocenters. The molecule has 1 aromatic carbocycles. The molecule has 0 spiro atoms. The molecule has 9 heteroatoms. The third kappa shape index (κ3) is 4.25. The molecule has 3 aromatic rings. The fraction of sp³-hybridized carbons (Fsp3) is 0.263. The fourth-order valence-corrected chi connectivity index (χ4v) is 2.38. The summed E-state index contributed by atoms with van der Waals surface area (Å²) in [6, 6.07) is 7.81. The first-order valence-corrected chi connectivity index (χ1v) is 8.46. The molecule has 0 radical (unpaired) electrons. The maximum atomic E-state index is 14.3. The molecule has 146 valence electrons. The summed E-state index contributed by atoms with van der Waals surface area (Å²) in [4.78, 5) is 31.5. The minimum atomic E-state index is -0.873. The van der Waals surface area contributed by atoms with Gasteiger partial charge in [-0.1, -0.05) is 4.48 Å². The first kappa shape index (κ1) is 19.3. The van der Waals surface area contributed by atoms with Crippen LogP contribution < -0.4 is 15.6 Å². The molecule has 0 saturated heterocycles. The number of amides is 1. The highest BCUT2D eigenvalue weighted by Gasteiger charge is 2.17. The van der Waals surface area contributed by atoms with Crippen LogP contribution >= 0.6 is 0 Å². The van der Waals surface area contributed by atoms with Gasteiger partial charge in [-0.05, 0) is 52.0 Å². The molecule has 8 nitrogen and oxygen atoms in total. The number of halogens is 1. The van der Waals surface area contributed by atoms with Gasteiger partial charge in [-0.25, -0.2) is 14.8 Å². The lowest BCUT2D eigenvalue weighted by Crippen LogP contribution is -2.27. The van der Waals surface area contributed by atoms with Crippen molar-refractivity contribution in [3.8, 4) is 11.5 Å². The number of benzene rings is 1. The van der Waals surface area contributed by atoms with E-state index in [1.807, 2.05) is 0 Å². The zero-order valence-electron chi connectivity index (χ0n) is 15.8. The van der Waals surface area contributed by atoms with E-state index >= 15 is 0 Å². The number of aromatic nitrogens is 3. The van der Waals surface area contributed by atoms with Gasteiger partial charge in [0.25, 0.3) is 0 Å². The summed E-state index contributed by atoms with van der Waals surface area (Å²) in [7, 11) is 0. The average molecular weight is 386 g/mol. The molecule has 0 aliphatic carbocycles. The van der Waals surface area contributed by atoms with Crippen molar-refractivity contribution in [3.05, 3.63) is 52.6 Å². The van der Waals surface area contributed by atoms with Crippen LogP contribution in [-0.2, 0) is 4.74 Å². The summed E-state index contributed by atoms with van der Waals surface area (Å²) in [6.45, 7) is 6.71. The lowest BCUT2D eigenvalue weighted by Gasteiger charge is -2.19. The van der Waals surface area contributed by atoms with E-state index in [1.54, 1.807) is 45.0 Å². The number of fused-ring (bicyclic) bond motifs is 1. The van der Waals surface area contributed by atoms with Gasteiger partial charge in [0.05, 0.1) is 0 Å². The molecule has 0 aliphatic heterocycles. The summed E-state index contributed by atoms with van der Waals surface area (Å²) in [5.41, 5.74) is -1.08. The van der Waals surface area contributed by atoms with Crippen LogP contribution in [0.3, 0.4) is 0 Å². The quantitative estimate of drug-likeness (QED) is 0.732. The van der Waals surface area contributed by atoms with Gasteiger partial charge >= 0.3 is 11.7 Å². The number of pyridine rings is 1. The standard InChI is InChI=1S/C19H19FN4O4/c1-11-17(25)24(20)15-14(9-10-21-16(15)22-11)27-13-7-5-12(6-8-13)23-18(26)28-19(2,3)4/h5-10H,1-4H3,(H,23,26). The maximum absolute atomic E-state index is 14.3. The van der Waals surface area contributed by atoms with Crippen LogP contribution in [0.25, 0.3) is 11.2 Å². The van der Waals surface area contributed by atoms with Crippen LogP contribution in [0, 0.1) is 6.92 Å². The monoisotopic (exact) mass is 386 g/mol. The number of aryl methyl sites for hydroxylation is 1. The van der Waals surface area contributed by atoms with Crippen molar-refractivity contribution < 1.29 is 18.7 Å². The minimum absolute atomic E-state index is 0.00257. The Bertz CT molecular complexity index is 1090. The van der Waals surface area contributed by atoms with Gasteiger partial charge in [-0.3, -0.25) is 10.1 Å². The lowest BCUT2D eigenvalue weighted by atomic mass is 10.2. The molecule has 0 aliphatic rings. The molecular weight excluding hydrogens is 367 g/mol. The smallest absolute Gasteiger partial charge is 0.412 e. The number of nitrogens with one attached hydrogen (secondary N) is 1. The number of hydrogen-bond donors (Lipinski definition) is 1. The number of anilines is 1. The molecule has 28 heavy (non-hydrogen) atoms. The molecule has 2 heterocycles. The van der Waals surface area contributed by atoms with Crippen LogP contribution in [0.5, 0.6) is 11.5 Å². The van der Waals surface area contributed by atoms with Gasteiger partial charge in [0.2, 0.25) is 0 Å². The number of ether oxygens (including phenoxy) is 2. The van der Waals surface area contributed by atoms with Crippen LogP contribution in [0.1, 0.15) is 26.5 Å². The Balaban J connectivity index is 1.82. The Hall–Kier alpha value is -3.49. The Kier molecular flexibility index (Phi) is 5.00. The molecule has 0 bridgehead atoms. The summed E-state index contributed by atoms with van der Waals surface area (Å²) < 4.78 is 25.2. The summed E-state index contributed by atoms with van der Waals surface area (Å²) in [5, 5.41) is 2.60. The molecule has 0 atom stereocenters. The topological polar surface area (TPSA) is 95.3 Å². The largest absolute Gasteiger partial charge is 0.455 e. The van der Waals surface area contributed by atoms with Crippen molar-refractivity contribution >= 4 is 22.9 Å². The minimum Gasteiger partial charge on any atom is -0.455 e. The number of nitrogens with zero attached hydrogens (tertiary/aromatic N) is 3. The first-order valence-electron chi connectivity index (χ1n) is 8.46. The highest BCUT2D eigenvalue weighted by Crippen LogP contribution is 2.28. The highest BCUT2D eigenvalue weighted by atomic mass is 19.2. The van der Waals surface area contributed by atoms with E-state index < -0.39 is 17.3 Å². The number of rotatable bonds is 3. The molecule has 2 aromatic heterocycles. The van der Waals surface area contributed by atoms with Gasteiger partial charge in [-0.15, -0.1) is 4.79 Å². The van der Waals surface area contributed by atoms with E-state index in [2.05, 4.69) is 15.3 Å². The normalized spacial score (nSPS) is 11.3. The van der Waals surface area contributed by atoms with Gasteiger partial charge in [0.15, 0.2) is 16.9 Å². The van der Waals surface area contributed by atoms with Crippen molar-refractivity contribution in [3.63, 3.8) is 0 Å². The average Bonchev–Trinajstić information content (AvgIpc) is 2.60. The van der Waals surface area contributed by atoms with Crippen LogP contribution in [0.2, 0.25) is 0 Å². The van der Waals surface area contributed by atoms with Crippen LogP contribution in [0.4, 0.5) is 15.0 Å². The second-order valence-electron chi connectivity index (χ2n) is 7.02. The number of carbonyl (C=O) groups is 1. The maximum Gasteiger partial charge on any atom is 0.412 e. The predicted molar refractivity (Wildman–Crippen MR) is 101 cm³/mol. The molecule has 1 N–H and O–H groups in total. The van der Waals surface area contributed by atoms with Gasteiger partial charge in [0, 0.05) is 18.0 Å². The Labute approximate surface area is 159 Å². The van der Waals surface area contributed by atoms with E-state index in [9.17, 15) is 14.1 Å². The Morgan fingerprint density at radius 3 is 2.50 bits per heavy atom.